The van der Waals surface area contributed by atoms with Gasteiger partial charge in [-0.1, -0.05) is 17.7 Å². The first-order valence-electron chi connectivity index (χ1n) is 8.76. The molecule has 0 spiro atoms. The predicted octanol–water partition coefficient (Wildman–Crippen LogP) is 0.0641. The molecule has 2 aromatic heterocycles. The number of nitrogens with zero attached hydrogens (tertiary/aromatic N) is 3. The van der Waals surface area contributed by atoms with Crippen molar-refractivity contribution < 1.29 is 22.4 Å². The number of fused-ring (bicyclic) bond motifs is 1. The Kier molecular flexibility index (Phi) is 4.86. The van der Waals surface area contributed by atoms with Crippen LogP contribution in [-0.2, 0) is 19.0 Å². The zero-order valence-corrected chi connectivity index (χ0v) is 16.2. The van der Waals surface area contributed by atoms with Gasteiger partial charge in [0.1, 0.15) is 12.3 Å². The molecule has 0 saturated carbocycles. The van der Waals surface area contributed by atoms with Crippen molar-refractivity contribution in [2.24, 2.45) is 0 Å². The number of nitrogens with two attached hydrogens (primary N) is 1. The van der Waals surface area contributed by atoms with E-state index in [0.29, 0.717) is 0 Å². The fraction of sp³-hybridized carbons (Fsp3) is 0.353. The summed E-state index contributed by atoms with van der Waals surface area (Å²) in [7, 11) is -3.99. The molecule has 29 heavy (non-hydrogen) atoms. The number of nitrogen functional groups attached to an aromatic ring is 1. The van der Waals surface area contributed by atoms with Crippen LogP contribution < -0.4 is 11.3 Å². The maximum Gasteiger partial charge on any atom is 0.297 e. The van der Waals surface area contributed by atoms with E-state index in [1.165, 1.54) is 23.0 Å². The van der Waals surface area contributed by atoms with Crippen molar-refractivity contribution in [2.45, 2.75) is 36.7 Å². The second kappa shape index (κ2) is 7.22. The molecule has 0 amide bonds. The number of anilines is 1. The highest BCUT2D eigenvalue weighted by molar-refractivity contribution is 7.86. The third-order valence-electron chi connectivity index (χ3n) is 4.66. The number of aromatic nitrogens is 4. The Morgan fingerprint density at radius 1 is 1.38 bits per heavy atom. The second-order valence-corrected chi connectivity index (χ2v) is 8.37. The van der Waals surface area contributed by atoms with Crippen LogP contribution in [0.4, 0.5) is 5.95 Å². The monoisotopic (exact) mass is 421 g/mol. The number of hydrogen-bond donors (Lipinski definition) is 3. The van der Waals surface area contributed by atoms with E-state index in [1.54, 1.807) is 12.1 Å². The molecule has 3 aromatic rings. The molecule has 12 heteroatoms. The Bertz CT molecular complexity index is 1200. The molecule has 11 nitrogen and oxygen atoms in total. The fourth-order valence-corrected chi connectivity index (χ4v) is 4.04. The van der Waals surface area contributed by atoms with Gasteiger partial charge in [0.25, 0.3) is 15.7 Å². The molecular weight excluding hydrogens is 402 g/mol. The SMILES string of the molecule is Cc1ccc(S(=O)(=O)OC[C@@H]2O[C@@H](n3cnc4c(=O)[nH]c(N)nc43)CC2O)cc1. The van der Waals surface area contributed by atoms with Gasteiger partial charge in [-0.2, -0.15) is 13.4 Å². The average molecular weight is 421 g/mol. The van der Waals surface area contributed by atoms with E-state index < -0.39 is 34.1 Å². The largest absolute Gasteiger partial charge is 0.390 e. The molecule has 0 radical (unpaired) electrons. The van der Waals surface area contributed by atoms with Crippen LogP contribution in [-0.4, -0.2) is 51.9 Å². The molecule has 4 rings (SSSR count). The van der Waals surface area contributed by atoms with Gasteiger partial charge in [0.15, 0.2) is 11.2 Å². The molecule has 3 atom stereocenters. The number of benzene rings is 1. The van der Waals surface area contributed by atoms with Crippen molar-refractivity contribution in [3.8, 4) is 0 Å². The highest BCUT2D eigenvalue weighted by atomic mass is 32.2. The number of H-pyrrole nitrogens is 1. The van der Waals surface area contributed by atoms with Gasteiger partial charge in [0.05, 0.1) is 23.9 Å². The first-order valence-corrected chi connectivity index (χ1v) is 10.2. The molecule has 1 fully saturated rings. The quantitative estimate of drug-likeness (QED) is 0.484. The van der Waals surface area contributed by atoms with Gasteiger partial charge < -0.3 is 15.6 Å². The summed E-state index contributed by atoms with van der Waals surface area (Å²) in [5.41, 5.74) is 6.30. The van der Waals surface area contributed by atoms with Crippen molar-refractivity contribution in [1.82, 2.24) is 19.5 Å². The van der Waals surface area contributed by atoms with E-state index in [1.807, 2.05) is 6.92 Å². The molecular formula is C17H19N5O6S. The summed E-state index contributed by atoms with van der Waals surface area (Å²) < 4.78 is 37.0. The first kappa shape index (κ1) is 19.5. The van der Waals surface area contributed by atoms with E-state index in [2.05, 4.69) is 15.0 Å². The molecule has 0 aliphatic carbocycles. The van der Waals surface area contributed by atoms with E-state index >= 15 is 0 Å². The number of aryl methyl sites for hydroxylation is 1. The van der Waals surface area contributed by atoms with Gasteiger partial charge >= 0.3 is 0 Å². The topological polar surface area (TPSA) is 162 Å². The lowest BCUT2D eigenvalue weighted by molar-refractivity contribution is -0.0371. The lowest BCUT2D eigenvalue weighted by Gasteiger charge is -2.16. The van der Waals surface area contributed by atoms with Gasteiger partial charge in [-0.05, 0) is 19.1 Å². The van der Waals surface area contributed by atoms with Crippen LogP contribution in [0.25, 0.3) is 11.2 Å². The highest BCUT2D eigenvalue weighted by Gasteiger charge is 2.37. The lowest BCUT2D eigenvalue weighted by Crippen LogP contribution is -2.28. The van der Waals surface area contributed by atoms with Crippen LogP contribution in [0.5, 0.6) is 0 Å². The molecule has 1 saturated heterocycles. The normalized spacial score (nSPS) is 22.3. The number of aliphatic hydroxyl groups excluding tert-OH is 1. The van der Waals surface area contributed by atoms with Crippen molar-refractivity contribution in [3.05, 3.63) is 46.5 Å². The molecule has 1 aliphatic rings. The molecule has 4 N–H and O–H groups in total. The van der Waals surface area contributed by atoms with E-state index in [-0.39, 0.29) is 35.0 Å². The van der Waals surface area contributed by atoms with Crippen LogP contribution >= 0.6 is 0 Å². The predicted molar refractivity (Wildman–Crippen MR) is 101 cm³/mol. The number of imidazole rings is 1. The number of ether oxygens (including phenoxy) is 1. The third kappa shape index (κ3) is 3.74. The average Bonchev–Trinajstić information content (AvgIpc) is 3.24. The number of aliphatic hydroxyl groups is 1. The number of rotatable bonds is 5. The molecule has 1 unspecified atom stereocenters. The maximum atomic E-state index is 12.3. The zero-order chi connectivity index (χ0) is 20.8. The van der Waals surface area contributed by atoms with Gasteiger partial charge in [-0.25, -0.2) is 4.98 Å². The van der Waals surface area contributed by atoms with Gasteiger partial charge in [0.2, 0.25) is 5.95 Å². The van der Waals surface area contributed by atoms with E-state index in [9.17, 15) is 18.3 Å². The van der Waals surface area contributed by atoms with Crippen molar-refractivity contribution in [3.63, 3.8) is 0 Å². The molecule has 1 aromatic carbocycles. The van der Waals surface area contributed by atoms with Crippen LogP contribution in [0.2, 0.25) is 0 Å². The highest BCUT2D eigenvalue weighted by Crippen LogP contribution is 2.31. The summed E-state index contributed by atoms with van der Waals surface area (Å²) in [4.78, 5) is 22.3. The first-order chi connectivity index (χ1) is 13.7. The van der Waals surface area contributed by atoms with Crippen LogP contribution in [0.15, 0.2) is 40.3 Å². The lowest BCUT2D eigenvalue weighted by atomic mass is 10.2. The van der Waals surface area contributed by atoms with Gasteiger partial charge in [0, 0.05) is 6.42 Å². The van der Waals surface area contributed by atoms with Crippen molar-refractivity contribution >= 4 is 27.2 Å². The minimum atomic E-state index is -3.99. The minimum Gasteiger partial charge on any atom is -0.390 e. The molecule has 3 heterocycles. The van der Waals surface area contributed by atoms with Crippen LogP contribution in [0.1, 0.15) is 18.2 Å². The summed E-state index contributed by atoms with van der Waals surface area (Å²) in [5, 5.41) is 10.3. The van der Waals surface area contributed by atoms with Crippen LogP contribution in [0.3, 0.4) is 0 Å². The van der Waals surface area contributed by atoms with Crippen LogP contribution in [0, 0.1) is 6.92 Å². The third-order valence-corrected chi connectivity index (χ3v) is 5.96. The standard InChI is InChI=1S/C17H19N5O6S/c1-9-2-4-10(5-3-9)29(25,26)27-7-12-11(23)6-13(28-12)22-8-19-14-15(22)20-17(18)21-16(14)24/h2-5,8,11-13,23H,6-7H2,1H3,(H3,18,20,21,24)/t11?,12-,13+/m0/s1. The van der Waals surface area contributed by atoms with Crippen molar-refractivity contribution in [2.75, 3.05) is 12.3 Å². The summed E-state index contributed by atoms with van der Waals surface area (Å²) in [6.45, 7) is 1.48. The summed E-state index contributed by atoms with van der Waals surface area (Å²) >= 11 is 0. The Morgan fingerprint density at radius 3 is 2.83 bits per heavy atom. The van der Waals surface area contributed by atoms with E-state index in [4.69, 9.17) is 14.7 Å². The minimum absolute atomic E-state index is 0.0200. The number of nitrogens with one attached hydrogen (secondary N) is 1. The summed E-state index contributed by atoms with van der Waals surface area (Å²) in [5.74, 6) is -0.0770. The molecule has 154 valence electrons. The summed E-state index contributed by atoms with van der Waals surface area (Å²) in [6.07, 6.45) is -1.09. The number of hydrogen-bond acceptors (Lipinski definition) is 9. The van der Waals surface area contributed by atoms with Gasteiger partial charge in [-0.15, -0.1) is 0 Å². The Morgan fingerprint density at radius 2 is 2.10 bits per heavy atom. The Hall–Kier alpha value is -2.80. The molecule has 1 aliphatic heterocycles. The Labute approximate surface area is 165 Å². The zero-order valence-electron chi connectivity index (χ0n) is 15.3. The maximum absolute atomic E-state index is 12.3. The smallest absolute Gasteiger partial charge is 0.297 e. The Balaban J connectivity index is 1.49. The summed E-state index contributed by atoms with van der Waals surface area (Å²) in [6, 6.07) is 6.23. The molecule has 0 bridgehead atoms. The second-order valence-electron chi connectivity index (χ2n) is 6.76. The number of aromatic amines is 1. The fourth-order valence-electron chi connectivity index (χ4n) is 3.12. The van der Waals surface area contributed by atoms with Crippen molar-refractivity contribution in [1.29, 1.82) is 0 Å². The van der Waals surface area contributed by atoms with E-state index in [0.717, 1.165) is 5.56 Å². The van der Waals surface area contributed by atoms with Gasteiger partial charge in [-0.3, -0.25) is 18.5 Å².